The molecule has 1 aliphatic heterocycles. The van der Waals surface area contributed by atoms with Gasteiger partial charge in [0, 0.05) is 35.1 Å². The van der Waals surface area contributed by atoms with Gasteiger partial charge in [-0.2, -0.15) is 0 Å². The Morgan fingerprint density at radius 1 is 1.29 bits per heavy atom. The number of hydrogen-bond acceptors (Lipinski definition) is 8. The molecule has 1 aliphatic rings. The predicted octanol–water partition coefficient (Wildman–Crippen LogP) is 5.50. The monoisotopic (exact) mass is 548 g/mol. The van der Waals surface area contributed by atoms with Crippen molar-refractivity contribution in [1.29, 1.82) is 0 Å². The van der Waals surface area contributed by atoms with E-state index in [4.69, 9.17) is 16.3 Å². The molecule has 0 fully saturated rings. The number of fused-ring (bicyclic) bond motifs is 3. The molecule has 1 amide bonds. The van der Waals surface area contributed by atoms with Crippen LogP contribution in [-0.2, 0) is 24.4 Å². The number of rotatable bonds is 10. The lowest BCUT2D eigenvalue weighted by Gasteiger charge is -2.26. The Hall–Kier alpha value is -3.53. The number of nitrogens with one attached hydrogen (secondary N) is 2. The largest absolute Gasteiger partial charge is 0.487 e. The smallest absolute Gasteiger partial charge is 0.246 e. The first-order valence-corrected chi connectivity index (χ1v) is 13.8. The van der Waals surface area contributed by atoms with Crippen LogP contribution >= 0.6 is 22.9 Å². The topological polar surface area (TPSA) is 92.3 Å². The van der Waals surface area contributed by atoms with E-state index in [9.17, 15) is 4.79 Å². The van der Waals surface area contributed by atoms with Crippen molar-refractivity contribution in [2.75, 3.05) is 25.0 Å². The van der Waals surface area contributed by atoms with Crippen molar-refractivity contribution in [3.63, 3.8) is 0 Å². The van der Waals surface area contributed by atoms with Gasteiger partial charge in [0.1, 0.15) is 29.3 Å². The molecule has 4 aromatic rings. The summed E-state index contributed by atoms with van der Waals surface area (Å²) in [5.41, 5.74) is 2.98. The minimum atomic E-state index is 0.0505. The van der Waals surface area contributed by atoms with Crippen molar-refractivity contribution < 1.29 is 9.53 Å². The van der Waals surface area contributed by atoms with E-state index in [1.54, 1.807) is 36.1 Å². The maximum atomic E-state index is 12.7. The van der Waals surface area contributed by atoms with E-state index in [0.717, 1.165) is 58.1 Å². The number of amides is 1. The molecule has 0 spiro atoms. The molecular formula is C28H29ClN6O2S. The molecule has 0 saturated carbocycles. The average molecular weight is 549 g/mol. The van der Waals surface area contributed by atoms with E-state index in [-0.39, 0.29) is 5.91 Å². The van der Waals surface area contributed by atoms with Gasteiger partial charge < -0.3 is 20.3 Å². The van der Waals surface area contributed by atoms with Gasteiger partial charge in [-0.25, -0.2) is 9.97 Å². The summed E-state index contributed by atoms with van der Waals surface area (Å²) in [5, 5.41) is 8.18. The summed E-state index contributed by atoms with van der Waals surface area (Å²) in [7, 11) is 0. The van der Waals surface area contributed by atoms with E-state index in [0.29, 0.717) is 30.5 Å². The fourth-order valence-corrected chi connectivity index (χ4v) is 5.78. The zero-order chi connectivity index (χ0) is 26.3. The number of halogens is 1. The molecule has 196 valence electrons. The normalized spacial score (nSPS) is 13.2. The second kappa shape index (κ2) is 12.3. The number of aromatic nitrogens is 3. The second-order valence-electron chi connectivity index (χ2n) is 8.88. The lowest BCUT2D eigenvalue weighted by atomic mass is 10.0. The SMILES string of the molecule is CCNCC/C=C/C(=O)N1CCc2c(sc3ncnc(Nc4ccc(OCc5cccnc5)c(Cl)c4)c23)C1. The Balaban J connectivity index is 1.28. The van der Waals surface area contributed by atoms with Gasteiger partial charge in [-0.3, -0.25) is 9.78 Å². The zero-order valence-electron chi connectivity index (χ0n) is 21.1. The maximum Gasteiger partial charge on any atom is 0.246 e. The van der Waals surface area contributed by atoms with Crippen LogP contribution in [0.2, 0.25) is 5.02 Å². The highest BCUT2D eigenvalue weighted by molar-refractivity contribution is 7.19. The van der Waals surface area contributed by atoms with E-state index >= 15 is 0 Å². The first kappa shape index (κ1) is 26.1. The van der Waals surface area contributed by atoms with Gasteiger partial charge in [0.05, 0.1) is 17.0 Å². The van der Waals surface area contributed by atoms with Crippen LogP contribution in [0.3, 0.4) is 0 Å². The summed E-state index contributed by atoms with van der Waals surface area (Å²) in [5.74, 6) is 1.38. The van der Waals surface area contributed by atoms with Crippen LogP contribution in [0.15, 0.2) is 61.2 Å². The standard InChI is InChI=1S/C28H29ClN6O2S/c1-2-30-11-4-3-7-25(36)35-13-10-21-24(16-35)38-28-26(21)27(32-18-33-28)34-20-8-9-23(22(29)14-20)37-17-19-6-5-12-31-15-19/h3,5-9,12,14-15,18,30H,2,4,10-11,13,16-17H2,1H3,(H,32,33,34)/b7-3+. The van der Waals surface area contributed by atoms with Crippen molar-refractivity contribution in [3.8, 4) is 5.75 Å². The highest BCUT2D eigenvalue weighted by Crippen LogP contribution is 2.38. The summed E-state index contributed by atoms with van der Waals surface area (Å²) in [6.45, 7) is 5.52. The van der Waals surface area contributed by atoms with Crippen LogP contribution in [0.1, 0.15) is 29.3 Å². The number of thiophene rings is 1. The van der Waals surface area contributed by atoms with Crippen molar-refractivity contribution >= 4 is 50.6 Å². The molecule has 0 saturated heterocycles. The summed E-state index contributed by atoms with van der Waals surface area (Å²) < 4.78 is 5.87. The van der Waals surface area contributed by atoms with Gasteiger partial charge in [0.15, 0.2) is 0 Å². The first-order valence-electron chi connectivity index (χ1n) is 12.6. The van der Waals surface area contributed by atoms with Gasteiger partial charge >= 0.3 is 0 Å². The molecular weight excluding hydrogens is 520 g/mol. The minimum absolute atomic E-state index is 0.0505. The number of carbonyl (C=O) groups is 1. The third-order valence-corrected chi connectivity index (χ3v) is 7.68. The van der Waals surface area contributed by atoms with Crippen molar-refractivity contribution in [1.82, 2.24) is 25.2 Å². The fourth-order valence-electron chi connectivity index (χ4n) is 4.34. The Kier molecular flexibility index (Phi) is 8.47. The van der Waals surface area contributed by atoms with Gasteiger partial charge in [-0.15, -0.1) is 11.3 Å². The summed E-state index contributed by atoms with van der Waals surface area (Å²) in [6.07, 6.45) is 10.3. The lowest BCUT2D eigenvalue weighted by molar-refractivity contribution is -0.126. The van der Waals surface area contributed by atoms with E-state index < -0.39 is 0 Å². The van der Waals surface area contributed by atoms with E-state index in [1.165, 1.54) is 5.56 Å². The molecule has 8 nitrogen and oxygen atoms in total. The molecule has 4 heterocycles. The van der Waals surface area contributed by atoms with Crippen LogP contribution in [0.5, 0.6) is 5.75 Å². The Bertz CT molecular complexity index is 1440. The van der Waals surface area contributed by atoms with Gasteiger partial charge in [0.25, 0.3) is 0 Å². The fraction of sp³-hybridized carbons (Fsp3) is 0.286. The molecule has 0 radical (unpaired) electrons. The molecule has 0 unspecified atom stereocenters. The van der Waals surface area contributed by atoms with Gasteiger partial charge in [-0.1, -0.05) is 30.7 Å². The quantitative estimate of drug-likeness (QED) is 0.199. The van der Waals surface area contributed by atoms with Gasteiger partial charge in [0.2, 0.25) is 5.91 Å². The van der Waals surface area contributed by atoms with Crippen LogP contribution in [0.4, 0.5) is 11.5 Å². The number of pyridine rings is 1. The molecule has 1 aromatic carbocycles. The van der Waals surface area contributed by atoms with Crippen molar-refractivity contribution in [2.24, 2.45) is 0 Å². The third-order valence-electron chi connectivity index (χ3n) is 6.26. The Morgan fingerprint density at radius 3 is 3.03 bits per heavy atom. The average Bonchev–Trinajstić information content (AvgIpc) is 3.32. The number of hydrogen-bond donors (Lipinski definition) is 2. The summed E-state index contributed by atoms with van der Waals surface area (Å²) in [4.78, 5) is 29.8. The van der Waals surface area contributed by atoms with Crippen molar-refractivity contribution in [2.45, 2.75) is 32.9 Å². The first-order chi connectivity index (χ1) is 18.6. The molecule has 10 heteroatoms. The number of anilines is 2. The molecule has 38 heavy (non-hydrogen) atoms. The van der Waals surface area contributed by atoms with Crippen LogP contribution in [0, 0.1) is 0 Å². The van der Waals surface area contributed by atoms with E-state index in [2.05, 4.69) is 32.5 Å². The highest BCUT2D eigenvalue weighted by atomic mass is 35.5. The molecule has 0 aliphatic carbocycles. The zero-order valence-corrected chi connectivity index (χ0v) is 22.7. The van der Waals surface area contributed by atoms with E-state index in [1.807, 2.05) is 41.3 Å². The molecule has 0 atom stereocenters. The third kappa shape index (κ3) is 6.12. The van der Waals surface area contributed by atoms with Crippen LogP contribution in [0.25, 0.3) is 10.2 Å². The molecule has 5 rings (SSSR count). The van der Waals surface area contributed by atoms with Gasteiger partial charge in [-0.05, 0) is 61.8 Å². The number of nitrogens with zero attached hydrogens (tertiary/aromatic N) is 4. The Morgan fingerprint density at radius 2 is 2.21 bits per heavy atom. The number of benzene rings is 1. The summed E-state index contributed by atoms with van der Waals surface area (Å²) in [6, 6.07) is 9.42. The minimum Gasteiger partial charge on any atom is -0.487 e. The van der Waals surface area contributed by atoms with Crippen LogP contribution < -0.4 is 15.4 Å². The molecule has 2 N–H and O–H groups in total. The molecule has 3 aromatic heterocycles. The second-order valence-corrected chi connectivity index (χ2v) is 10.4. The molecule has 0 bridgehead atoms. The Labute approximate surface area is 230 Å². The lowest BCUT2D eigenvalue weighted by Crippen LogP contribution is -2.34. The number of carbonyl (C=O) groups excluding carboxylic acids is 1. The maximum absolute atomic E-state index is 12.7. The predicted molar refractivity (Wildman–Crippen MR) is 152 cm³/mol. The van der Waals surface area contributed by atoms with Crippen molar-refractivity contribution in [3.05, 3.63) is 82.2 Å². The highest BCUT2D eigenvalue weighted by Gasteiger charge is 2.25. The van der Waals surface area contributed by atoms with Crippen LogP contribution in [-0.4, -0.2) is 45.4 Å². The number of ether oxygens (including phenoxy) is 1. The summed E-state index contributed by atoms with van der Waals surface area (Å²) >= 11 is 8.14.